The number of carbonyl (C=O) groups is 2. The molecule has 0 radical (unpaired) electrons. The van der Waals surface area contributed by atoms with Gasteiger partial charge in [0.1, 0.15) is 11.5 Å². The average Bonchev–Trinajstić information content (AvgIpc) is 3.06. The zero-order valence-corrected chi connectivity index (χ0v) is 18.4. The van der Waals surface area contributed by atoms with Crippen molar-refractivity contribution in [1.82, 2.24) is 15.2 Å². The van der Waals surface area contributed by atoms with E-state index in [-0.39, 0.29) is 24.5 Å². The van der Waals surface area contributed by atoms with Crippen LogP contribution in [0.25, 0.3) is 11.5 Å². The molecule has 3 rings (SSSR count). The first-order chi connectivity index (χ1) is 14.4. The van der Waals surface area contributed by atoms with Gasteiger partial charge in [-0.2, -0.15) is 0 Å². The number of hydrogen-bond donors (Lipinski definition) is 1. The molecule has 2 heterocycles. The molecule has 6 heteroatoms. The van der Waals surface area contributed by atoms with Gasteiger partial charge in [-0.3, -0.25) is 9.59 Å². The average molecular weight is 412 g/mol. The largest absolute Gasteiger partial charge is 0.441 e. The number of carbonyl (C=O) groups excluding carboxylic acids is 2. The first kappa shape index (κ1) is 22.2. The van der Waals surface area contributed by atoms with Crippen molar-refractivity contribution in [3.05, 3.63) is 41.3 Å². The van der Waals surface area contributed by atoms with E-state index >= 15 is 0 Å². The maximum atomic E-state index is 12.3. The highest BCUT2D eigenvalue weighted by Gasteiger charge is 2.18. The second-order valence-electron chi connectivity index (χ2n) is 8.53. The first-order valence-electron chi connectivity index (χ1n) is 10.9. The topological polar surface area (TPSA) is 75.4 Å². The molecule has 1 atom stereocenters. The Morgan fingerprint density at radius 1 is 1.23 bits per heavy atom. The minimum absolute atomic E-state index is 0.111. The van der Waals surface area contributed by atoms with Gasteiger partial charge in [0.05, 0.1) is 18.5 Å². The quantitative estimate of drug-likeness (QED) is 0.503. The molecule has 1 saturated heterocycles. The molecule has 1 fully saturated rings. The van der Waals surface area contributed by atoms with Crippen molar-refractivity contribution in [2.45, 2.75) is 52.9 Å². The van der Waals surface area contributed by atoms with Gasteiger partial charge in [0, 0.05) is 18.7 Å². The summed E-state index contributed by atoms with van der Waals surface area (Å²) in [7, 11) is 0. The fourth-order valence-corrected chi connectivity index (χ4v) is 3.92. The Hall–Kier alpha value is -2.47. The molecule has 1 aromatic heterocycles. The molecule has 1 unspecified atom stereocenters. The zero-order chi connectivity index (χ0) is 21.5. The van der Waals surface area contributed by atoms with Crippen molar-refractivity contribution in [2.24, 2.45) is 5.92 Å². The molecule has 0 bridgehead atoms. The number of amides is 1. The van der Waals surface area contributed by atoms with E-state index < -0.39 is 0 Å². The van der Waals surface area contributed by atoms with Crippen molar-refractivity contribution >= 4 is 11.7 Å². The second kappa shape index (κ2) is 10.5. The highest BCUT2D eigenvalue weighted by Crippen LogP contribution is 2.22. The number of nitrogens with zero attached hydrogens (tertiary/aromatic N) is 2. The lowest BCUT2D eigenvalue weighted by molar-refractivity contribution is -0.127. The van der Waals surface area contributed by atoms with Crippen molar-refractivity contribution in [2.75, 3.05) is 26.2 Å². The third-order valence-corrected chi connectivity index (χ3v) is 5.63. The number of likely N-dealkylation sites (tertiary alicyclic amines) is 1. The van der Waals surface area contributed by atoms with Gasteiger partial charge in [-0.05, 0) is 64.3 Å². The molecule has 0 aliphatic carbocycles. The van der Waals surface area contributed by atoms with E-state index in [1.165, 1.54) is 12.8 Å². The number of aryl methyl sites for hydroxylation is 2. The molecule has 1 aromatic carbocycles. The number of rotatable bonds is 9. The molecule has 0 saturated carbocycles. The molecule has 162 valence electrons. The summed E-state index contributed by atoms with van der Waals surface area (Å²) in [5.41, 5.74) is 2.64. The predicted molar refractivity (Wildman–Crippen MR) is 117 cm³/mol. The van der Waals surface area contributed by atoms with Crippen LogP contribution in [0.4, 0.5) is 0 Å². The number of Topliss-reactive ketones (excluding diaryl/α,β-unsaturated/α-hetero) is 1. The Bertz CT molecular complexity index is 857. The summed E-state index contributed by atoms with van der Waals surface area (Å²) in [5, 5.41) is 2.87. The number of piperidine rings is 1. The molecule has 30 heavy (non-hydrogen) atoms. The Labute approximate surface area is 179 Å². The minimum atomic E-state index is -0.216. The van der Waals surface area contributed by atoms with Crippen LogP contribution in [-0.4, -0.2) is 47.8 Å². The van der Waals surface area contributed by atoms with Crippen LogP contribution in [0.5, 0.6) is 0 Å². The fourth-order valence-electron chi connectivity index (χ4n) is 3.92. The molecule has 1 aliphatic rings. The lowest BCUT2D eigenvalue weighted by Gasteiger charge is -2.30. The fraction of sp³-hybridized carbons (Fsp3) is 0.542. The first-order valence-corrected chi connectivity index (χ1v) is 10.9. The van der Waals surface area contributed by atoms with Crippen LogP contribution >= 0.6 is 0 Å². The summed E-state index contributed by atoms with van der Waals surface area (Å²) in [4.78, 5) is 31.4. The van der Waals surface area contributed by atoms with Gasteiger partial charge in [-0.15, -0.1) is 0 Å². The van der Waals surface area contributed by atoms with Crippen LogP contribution in [0.2, 0.25) is 0 Å². The molecule has 2 aromatic rings. The molecule has 1 N–H and O–H groups in total. The van der Waals surface area contributed by atoms with Crippen molar-refractivity contribution in [1.29, 1.82) is 0 Å². The van der Waals surface area contributed by atoms with Gasteiger partial charge in [0.2, 0.25) is 11.8 Å². The summed E-state index contributed by atoms with van der Waals surface area (Å²) in [6, 6.07) is 7.89. The Morgan fingerprint density at radius 2 is 2.00 bits per heavy atom. The molecule has 1 amide bonds. The van der Waals surface area contributed by atoms with E-state index in [0.717, 1.165) is 43.1 Å². The van der Waals surface area contributed by atoms with E-state index in [2.05, 4.69) is 22.1 Å². The van der Waals surface area contributed by atoms with E-state index in [1.54, 1.807) is 6.92 Å². The summed E-state index contributed by atoms with van der Waals surface area (Å²) in [6.45, 7) is 10.0. The number of aromatic nitrogens is 1. The summed E-state index contributed by atoms with van der Waals surface area (Å²) >= 11 is 0. The SMILES string of the molecule is Cc1ccc(-c2nc(CC(=O)CC(=O)NCCCN3CCCC(C)C3)c(C)o2)cc1. The van der Waals surface area contributed by atoms with E-state index in [1.807, 2.05) is 31.2 Å². The van der Waals surface area contributed by atoms with Crippen LogP contribution in [0.3, 0.4) is 0 Å². The third-order valence-electron chi connectivity index (χ3n) is 5.63. The Kier molecular flexibility index (Phi) is 7.80. The number of ketones is 1. The normalized spacial score (nSPS) is 17.1. The Balaban J connectivity index is 1.40. The van der Waals surface area contributed by atoms with Crippen LogP contribution in [0.1, 0.15) is 49.6 Å². The van der Waals surface area contributed by atoms with Gasteiger partial charge < -0.3 is 14.6 Å². The smallest absolute Gasteiger partial charge is 0.227 e. The van der Waals surface area contributed by atoms with Crippen molar-refractivity contribution < 1.29 is 14.0 Å². The lowest BCUT2D eigenvalue weighted by atomic mass is 10.0. The maximum absolute atomic E-state index is 12.3. The van der Waals surface area contributed by atoms with E-state index in [9.17, 15) is 9.59 Å². The van der Waals surface area contributed by atoms with Crippen LogP contribution < -0.4 is 5.32 Å². The maximum Gasteiger partial charge on any atom is 0.227 e. The second-order valence-corrected chi connectivity index (χ2v) is 8.53. The van der Waals surface area contributed by atoms with Gasteiger partial charge in [-0.25, -0.2) is 4.98 Å². The number of nitrogens with one attached hydrogen (secondary N) is 1. The summed E-state index contributed by atoms with van der Waals surface area (Å²) < 4.78 is 5.72. The van der Waals surface area contributed by atoms with Crippen LogP contribution in [0, 0.1) is 19.8 Å². The highest BCUT2D eigenvalue weighted by molar-refractivity contribution is 5.98. The van der Waals surface area contributed by atoms with E-state index in [0.29, 0.717) is 23.9 Å². The number of benzene rings is 1. The van der Waals surface area contributed by atoms with Crippen molar-refractivity contribution in [3.8, 4) is 11.5 Å². The zero-order valence-electron chi connectivity index (χ0n) is 18.4. The highest BCUT2D eigenvalue weighted by atomic mass is 16.4. The number of hydrogen-bond acceptors (Lipinski definition) is 5. The monoisotopic (exact) mass is 411 g/mol. The molecule has 6 nitrogen and oxygen atoms in total. The van der Waals surface area contributed by atoms with E-state index in [4.69, 9.17) is 4.42 Å². The summed E-state index contributed by atoms with van der Waals surface area (Å²) in [6.07, 6.45) is 3.48. The molecule has 1 aliphatic heterocycles. The summed E-state index contributed by atoms with van der Waals surface area (Å²) in [5.74, 6) is 1.52. The van der Waals surface area contributed by atoms with Gasteiger partial charge >= 0.3 is 0 Å². The lowest BCUT2D eigenvalue weighted by Crippen LogP contribution is -2.36. The minimum Gasteiger partial charge on any atom is -0.441 e. The molecule has 0 spiro atoms. The van der Waals surface area contributed by atoms with Crippen molar-refractivity contribution in [3.63, 3.8) is 0 Å². The molecular formula is C24H33N3O3. The van der Waals surface area contributed by atoms with Crippen LogP contribution in [0.15, 0.2) is 28.7 Å². The predicted octanol–water partition coefficient (Wildman–Crippen LogP) is 3.70. The standard InChI is InChI=1S/C24H33N3O3/c1-17-7-9-20(10-8-17)24-26-22(19(3)30-24)14-21(28)15-23(29)25-11-5-13-27-12-4-6-18(2)16-27/h7-10,18H,4-6,11-16H2,1-3H3,(H,25,29). The molecular weight excluding hydrogens is 378 g/mol. The van der Waals surface area contributed by atoms with Gasteiger partial charge in [0.15, 0.2) is 0 Å². The Morgan fingerprint density at radius 3 is 2.73 bits per heavy atom. The third kappa shape index (κ3) is 6.52. The van der Waals surface area contributed by atoms with Crippen LogP contribution in [-0.2, 0) is 16.0 Å². The van der Waals surface area contributed by atoms with Gasteiger partial charge in [0.25, 0.3) is 0 Å². The van der Waals surface area contributed by atoms with Gasteiger partial charge in [-0.1, -0.05) is 24.6 Å². The number of oxazole rings is 1.